The Bertz CT molecular complexity index is 744. The largest absolute Gasteiger partial charge is 0.481 e. The molecule has 1 aliphatic rings. The number of pyridine rings is 1. The standard InChI is InChI=1S/C20H24N4O.HI/c1-21-20(23-15-16-8-9-19(25-2)22-14-16)24-12-10-18(11-13-24)17-6-4-3-5-7-17;/h3-10,14H,11-13,15H2,1-2H3,(H,21,23);1H. The predicted molar refractivity (Wildman–Crippen MR) is 117 cm³/mol. The summed E-state index contributed by atoms with van der Waals surface area (Å²) in [7, 11) is 3.45. The molecule has 0 saturated heterocycles. The van der Waals surface area contributed by atoms with Gasteiger partial charge >= 0.3 is 0 Å². The lowest BCUT2D eigenvalue weighted by atomic mass is 10.00. The molecule has 0 atom stereocenters. The summed E-state index contributed by atoms with van der Waals surface area (Å²) in [5.41, 5.74) is 3.82. The van der Waals surface area contributed by atoms with Gasteiger partial charge in [-0.05, 0) is 23.1 Å². The summed E-state index contributed by atoms with van der Waals surface area (Å²) in [5, 5.41) is 3.41. The van der Waals surface area contributed by atoms with Crippen LogP contribution >= 0.6 is 24.0 Å². The van der Waals surface area contributed by atoms with Crippen LogP contribution in [0.25, 0.3) is 5.57 Å². The van der Waals surface area contributed by atoms with Gasteiger partial charge in [0.2, 0.25) is 5.88 Å². The van der Waals surface area contributed by atoms with E-state index in [0.717, 1.165) is 31.0 Å². The highest BCUT2D eigenvalue weighted by atomic mass is 127. The monoisotopic (exact) mass is 464 g/mol. The molecule has 138 valence electrons. The highest BCUT2D eigenvalue weighted by molar-refractivity contribution is 14.0. The van der Waals surface area contributed by atoms with E-state index in [0.29, 0.717) is 12.4 Å². The van der Waals surface area contributed by atoms with Crippen LogP contribution in [0.3, 0.4) is 0 Å². The van der Waals surface area contributed by atoms with Gasteiger partial charge in [0, 0.05) is 38.9 Å². The summed E-state index contributed by atoms with van der Waals surface area (Å²) in [6.45, 7) is 2.52. The van der Waals surface area contributed by atoms with Crippen LogP contribution in [0.4, 0.5) is 0 Å². The number of ether oxygens (including phenoxy) is 1. The third-order valence-corrected chi connectivity index (χ3v) is 4.32. The minimum absolute atomic E-state index is 0. The van der Waals surface area contributed by atoms with Crippen molar-refractivity contribution in [3.05, 3.63) is 65.9 Å². The Balaban J connectivity index is 0.00000243. The maximum atomic E-state index is 5.09. The average molecular weight is 464 g/mol. The number of guanidine groups is 1. The molecule has 0 unspecified atom stereocenters. The van der Waals surface area contributed by atoms with Gasteiger partial charge in [0.05, 0.1) is 7.11 Å². The molecule has 0 saturated carbocycles. The van der Waals surface area contributed by atoms with Crippen LogP contribution in [0.2, 0.25) is 0 Å². The number of methoxy groups -OCH3 is 1. The highest BCUT2D eigenvalue weighted by Crippen LogP contribution is 2.22. The summed E-state index contributed by atoms with van der Waals surface area (Å²) in [4.78, 5) is 10.9. The Hall–Kier alpha value is -2.09. The molecule has 6 heteroatoms. The zero-order valence-electron chi connectivity index (χ0n) is 15.2. The number of benzene rings is 1. The summed E-state index contributed by atoms with van der Waals surface area (Å²) < 4.78 is 5.09. The fraction of sp³-hybridized carbons (Fsp3) is 0.300. The lowest BCUT2D eigenvalue weighted by Crippen LogP contribution is -2.43. The van der Waals surface area contributed by atoms with E-state index in [1.165, 1.54) is 11.1 Å². The van der Waals surface area contributed by atoms with Gasteiger partial charge in [-0.25, -0.2) is 4.98 Å². The Morgan fingerprint density at radius 2 is 2.04 bits per heavy atom. The van der Waals surface area contributed by atoms with Crippen molar-refractivity contribution >= 4 is 35.5 Å². The van der Waals surface area contributed by atoms with Crippen molar-refractivity contribution in [2.75, 3.05) is 27.2 Å². The molecule has 2 heterocycles. The molecule has 2 aromatic rings. The van der Waals surface area contributed by atoms with Gasteiger partial charge in [-0.1, -0.05) is 42.5 Å². The Morgan fingerprint density at radius 1 is 1.23 bits per heavy atom. The molecular weight excluding hydrogens is 439 g/mol. The minimum Gasteiger partial charge on any atom is -0.481 e. The zero-order valence-corrected chi connectivity index (χ0v) is 17.5. The Kier molecular flexibility index (Phi) is 7.90. The van der Waals surface area contributed by atoms with E-state index in [-0.39, 0.29) is 24.0 Å². The number of halogens is 1. The number of nitrogens with one attached hydrogen (secondary N) is 1. The van der Waals surface area contributed by atoms with E-state index < -0.39 is 0 Å². The topological polar surface area (TPSA) is 49.8 Å². The maximum absolute atomic E-state index is 5.09. The van der Waals surface area contributed by atoms with Crippen LogP contribution in [0.5, 0.6) is 5.88 Å². The molecule has 0 bridgehead atoms. The molecule has 1 N–H and O–H groups in total. The Labute approximate surface area is 172 Å². The van der Waals surface area contributed by atoms with Crippen molar-refractivity contribution in [3.63, 3.8) is 0 Å². The summed E-state index contributed by atoms with van der Waals surface area (Å²) in [6, 6.07) is 14.5. The van der Waals surface area contributed by atoms with Crippen LogP contribution in [-0.2, 0) is 6.54 Å². The maximum Gasteiger partial charge on any atom is 0.212 e. The molecule has 0 amide bonds. The minimum atomic E-state index is 0. The van der Waals surface area contributed by atoms with Gasteiger partial charge in [-0.3, -0.25) is 4.99 Å². The molecule has 0 radical (unpaired) electrons. The summed E-state index contributed by atoms with van der Waals surface area (Å²) in [5.74, 6) is 1.54. The first-order valence-electron chi connectivity index (χ1n) is 8.49. The van der Waals surface area contributed by atoms with Gasteiger partial charge in [0.15, 0.2) is 5.96 Å². The molecule has 0 fully saturated rings. The SMILES string of the molecule is CN=C(NCc1ccc(OC)nc1)N1CC=C(c2ccccc2)CC1.I. The third kappa shape index (κ3) is 5.20. The average Bonchev–Trinajstić information content (AvgIpc) is 2.70. The zero-order chi connectivity index (χ0) is 17.5. The van der Waals surface area contributed by atoms with Crippen molar-refractivity contribution in [2.45, 2.75) is 13.0 Å². The van der Waals surface area contributed by atoms with Gasteiger partial charge in [-0.2, -0.15) is 0 Å². The molecule has 0 aliphatic carbocycles. The smallest absolute Gasteiger partial charge is 0.212 e. The van der Waals surface area contributed by atoms with Gasteiger partial charge in [0.25, 0.3) is 0 Å². The second-order valence-electron chi connectivity index (χ2n) is 5.90. The lowest BCUT2D eigenvalue weighted by Gasteiger charge is -2.29. The van der Waals surface area contributed by atoms with Gasteiger partial charge < -0.3 is 15.0 Å². The van der Waals surface area contributed by atoms with Crippen LogP contribution in [0.15, 0.2) is 59.7 Å². The fourth-order valence-corrected chi connectivity index (χ4v) is 2.93. The number of hydrogen-bond acceptors (Lipinski definition) is 3. The normalized spacial score (nSPS) is 14.3. The fourth-order valence-electron chi connectivity index (χ4n) is 2.93. The van der Waals surface area contributed by atoms with Crippen LogP contribution < -0.4 is 10.1 Å². The highest BCUT2D eigenvalue weighted by Gasteiger charge is 2.16. The first-order chi connectivity index (χ1) is 12.3. The quantitative estimate of drug-likeness (QED) is 0.427. The predicted octanol–water partition coefficient (Wildman–Crippen LogP) is 3.57. The number of rotatable bonds is 4. The van der Waals surface area contributed by atoms with E-state index in [1.807, 2.05) is 25.4 Å². The molecule has 1 aromatic carbocycles. The van der Waals surface area contributed by atoms with Crippen LogP contribution in [-0.4, -0.2) is 43.1 Å². The second-order valence-corrected chi connectivity index (χ2v) is 5.90. The molecule has 26 heavy (non-hydrogen) atoms. The summed E-state index contributed by atoms with van der Waals surface area (Å²) >= 11 is 0. The lowest BCUT2D eigenvalue weighted by molar-refractivity contribution is 0.397. The number of hydrogen-bond donors (Lipinski definition) is 1. The van der Waals surface area contributed by atoms with Crippen LogP contribution in [0.1, 0.15) is 17.5 Å². The third-order valence-electron chi connectivity index (χ3n) is 4.32. The molecule has 1 aliphatic heterocycles. The van der Waals surface area contributed by atoms with Crippen molar-refractivity contribution in [3.8, 4) is 5.88 Å². The molecule has 1 aromatic heterocycles. The summed E-state index contributed by atoms with van der Waals surface area (Å²) in [6.07, 6.45) is 5.14. The van der Waals surface area contributed by atoms with E-state index in [9.17, 15) is 0 Å². The van der Waals surface area contributed by atoms with E-state index in [1.54, 1.807) is 7.11 Å². The van der Waals surface area contributed by atoms with Gasteiger partial charge in [0.1, 0.15) is 0 Å². The molecular formula is C20H25IN4O. The van der Waals surface area contributed by atoms with Crippen LogP contribution in [0, 0.1) is 0 Å². The van der Waals surface area contributed by atoms with E-state index in [4.69, 9.17) is 4.74 Å². The van der Waals surface area contributed by atoms with Crippen molar-refractivity contribution in [2.24, 2.45) is 4.99 Å². The number of aromatic nitrogens is 1. The first kappa shape index (κ1) is 20.2. The van der Waals surface area contributed by atoms with Crippen molar-refractivity contribution < 1.29 is 4.74 Å². The van der Waals surface area contributed by atoms with Crippen molar-refractivity contribution in [1.82, 2.24) is 15.2 Å². The first-order valence-corrected chi connectivity index (χ1v) is 8.49. The van der Waals surface area contributed by atoms with Gasteiger partial charge in [-0.15, -0.1) is 24.0 Å². The number of nitrogens with zero attached hydrogens (tertiary/aromatic N) is 3. The van der Waals surface area contributed by atoms with E-state index >= 15 is 0 Å². The molecule has 0 spiro atoms. The molecule has 5 nitrogen and oxygen atoms in total. The van der Waals surface area contributed by atoms with E-state index in [2.05, 4.69) is 56.6 Å². The van der Waals surface area contributed by atoms with Crippen molar-refractivity contribution in [1.29, 1.82) is 0 Å². The Morgan fingerprint density at radius 3 is 2.62 bits per heavy atom. The second kappa shape index (κ2) is 10.2. The number of aliphatic imine (C=N–C) groups is 1. The molecule has 3 rings (SSSR count).